The summed E-state index contributed by atoms with van der Waals surface area (Å²) in [6, 6.07) is 10.1. The molecule has 0 radical (unpaired) electrons. The molecular weight excluding hydrogens is 400 g/mol. The molecule has 28 heavy (non-hydrogen) atoms. The number of hydrogen-bond acceptors (Lipinski definition) is 6. The molecule has 0 aliphatic carbocycles. The van der Waals surface area contributed by atoms with Crippen LogP contribution >= 0.6 is 11.6 Å². The van der Waals surface area contributed by atoms with Gasteiger partial charge in [-0.3, -0.25) is 0 Å². The number of halogens is 1. The summed E-state index contributed by atoms with van der Waals surface area (Å²) in [5.74, 6) is 1.42. The first-order valence-corrected chi connectivity index (χ1v) is 10.6. The number of aryl methyl sites for hydroxylation is 1. The first-order chi connectivity index (χ1) is 13.4. The molecule has 8 nitrogen and oxygen atoms in total. The van der Waals surface area contributed by atoms with Crippen molar-refractivity contribution in [2.75, 3.05) is 31.1 Å². The minimum Gasteiger partial charge on any atom is -0.354 e. The second kappa shape index (κ2) is 7.50. The van der Waals surface area contributed by atoms with Gasteiger partial charge in [0, 0.05) is 43.5 Å². The Hall–Kier alpha value is -2.49. The Labute approximate surface area is 168 Å². The van der Waals surface area contributed by atoms with Crippen molar-refractivity contribution >= 4 is 27.4 Å². The van der Waals surface area contributed by atoms with E-state index in [9.17, 15) is 8.42 Å². The minimum atomic E-state index is -3.56. The topological polar surface area (TPSA) is 84.2 Å². The lowest BCUT2D eigenvalue weighted by molar-refractivity contribution is 0.383. The van der Waals surface area contributed by atoms with Gasteiger partial charge in [0.05, 0.1) is 10.6 Å². The van der Waals surface area contributed by atoms with Gasteiger partial charge in [0.25, 0.3) is 0 Å². The molecule has 3 aromatic rings. The monoisotopic (exact) mass is 418 g/mol. The molecule has 1 aliphatic rings. The van der Waals surface area contributed by atoms with Crippen molar-refractivity contribution in [2.24, 2.45) is 0 Å². The highest BCUT2D eigenvalue weighted by molar-refractivity contribution is 7.89. The number of sulfonamides is 1. The van der Waals surface area contributed by atoms with Crippen LogP contribution in [0.5, 0.6) is 0 Å². The lowest BCUT2D eigenvalue weighted by atomic mass is 10.3. The van der Waals surface area contributed by atoms with Crippen molar-refractivity contribution in [3.05, 3.63) is 59.6 Å². The van der Waals surface area contributed by atoms with Crippen molar-refractivity contribution in [1.29, 1.82) is 0 Å². The molecule has 0 unspecified atom stereocenters. The van der Waals surface area contributed by atoms with Gasteiger partial charge in [-0.1, -0.05) is 17.7 Å². The quantitative estimate of drug-likeness (QED) is 0.645. The predicted octanol–water partition coefficient (Wildman–Crippen LogP) is 2.14. The number of anilines is 1. The van der Waals surface area contributed by atoms with E-state index < -0.39 is 10.0 Å². The van der Waals surface area contributed by atoms with Crippen molar-refractivity contribution in [1.82, 2.24) is 24.1 Å². The van der Waals surface area contributed by atoms with E-state index in [4.69, 9.17) is 11.6 Å². The zero-order valence-corrected chi connectivity index (χ0v) is 16.8. The summed E-state index contributed by atoms with van der Waals surface area (Å²) in [4.78, 5) is 10.9. The zero-order chi connectivity index (χ0) is 19.7. The number of rotatable bonds is 4. The van der Waals surface area contributed by atoms with E-state index in [2.05, 4.69) is 15.1 Å². The Morgan fingerprint density at radius 1 is 1.00 bits per heavy atom. The minimum absolute atomic E-state index is 0.215. The SMILES string of the molecule is Cc1ccn(-c2cc(N3CCN(S(=O)(=O)c4cccc(Cl)c4)CC3)ncn2)n1. The van der Waals surface area contributed by atoms with Gasteiger partial charge in [0.2, 0.25) is 10.0 Å². The van der Waals surface area contributed by atoms with Crippen molar-refractivity contribution in [2.45, 2.75) is 11.8 Å². The third-order valence-electron chi connectivity index (χ3n) is 4.59. The maximum atomic E-state index is 12.8. The fourth-order valence-electron chi connectivity index (χ4n) is 3.11. The predicted molar refractivity (Wildman–Crippen MR) is 106 cm³/mol. The van der Waals surface area contributed by atoms with E-state index in [1.54, 1.807) is 22.9 Å². The zero-order valence-electron chi connectivity index (χ0n) is 15.2. The number of nitrogens with zero attached hydrogens (tertiary/aromatic N) is 6. The molecule has 0 atom stereocenters. The first kappa shape index (κ1) is 18.9. The Morgan fingerprint density at radius 3 is 2.43 bits per heavy atom. The summed E-state index contributed by atoms with van der Waals surface area (Å²) in [7, 11) is -3.56. The van der Waals surface area contributed by atoms with E-state index in [1.165, 1.54) is 16.7 Å². The van der Waals surface area contributed by atoms with Gasteiger partial charge in [0.1, 0.15) is 12.1 Å². The second-order valence-corrected chi connectivity index (χ2v) is 8.86. The second-order valence-electron chi connectivity index (χ2n) is 6.48. The van der Waals surface area contributed by atoms with Gasteiger partial charge in [-0.15, -0.1) is 0 Å². The van der Waals surface area contributed by atoms with Crippen LogP contribution in [-0.4, -0.2) is 58.7 Å². The molecule has 146 valence electrons. The van der Waals surface area contributed by atoms with Crippen molar-refractivity contribution in [3.63, 3.8) is 0 Å². The maximum Gasteiger partial charge on any atom is 0.243 e. The molecule has 0 N–H and O–H groups in total. The fraction of sp³-hybridized carbons (Fsp3) is 0.278. The summed E-state index contributed by atoms with van der Waals surface area (Å²) in [5.41, 5.74) is 0.903. The van der Waals surface area contributed by atoms with Gasteiger partial charge in [-0.05, 0) is 31.2 Å². The van der Waals surface area contributed by atoms with E-state index >= 15 is 0 Å². The number of piperazine rings is 1. The molecule has 3 heterocycles. The highest BCUT2D eigenvalue weighted by Gasteiger charge is 2.29. The normalized spacial score (nSPS) is 15.7. The average Bonchev–Trinajstić information content (AvgIpc) is 3.15. The number of benzene rings is 1. The summed E-state index contributed by atoms with van der Waals surface area (Å²) >= 11 is 5.95. The Kier molecular flexibility index (Phi) is 5.05. The smallest absolute Gasteiger partial charge is 0.243 e. The molecule has 1 saturated heterocycles. The van der Waals surface area contributed by atoms with E-state index in [0.717, 1.165) is 11.5 Å². The van der Waals surface area contributed by atoms with Gasteiger partial charge in [0.15, 0.2) is 5.82 Å². The molecule has 2 aromatic heterocycles. The van der Waals surface area contributed by atoms with Crippen LogP contribution in [0.15, 0.2) is 53.8 Å². The highest BCUT2D eigenvalue weighted by Crippen LogP contribution is 2.22. The molecule has 0 saturated carbocycles. The molecular formula is C18H19ClN6O2S. The fourth-order valence-corrected chi connectivity index (χ4v) is 4.84. The molecule has 10 heteroatoms. The van der Waals surface area contributed by atoms with Crippen LogP contribution in [0.2, 0.25) is 5.02 Å². The summed E-state index contributed by atoms with van der Waals surface area (Å²) in [6.45, 7) is 3.73. The third-order valence-corrected chi connectivity index (χ3v) is 6.72. The molecule has 0 bridgehead atoms. The Bertz CT molecular complexity index is 1090. The summed E-state index contributed by atoms with van der Waals surface area (Å²) in [5, 5.41) is 4.77. The molecule has 0 spiro atoms. The van der Waals surface area contributed by atoms with Gasteiger partial charge in [-0.25, -0.2) is 23.1 Å². The lowest BCUT2D eigenvalue weighted by Crippen LogP contribution is -2.48. The van der Waals surface area contributed by atoms with Crippen LogP contribution in [-0.2, 0) is 10.0 Å². The van der Waals surface area contributed by atoms with Crippen molar-refractivity contribution in [3.8, 4) is 5.82 Å². The van der Waals surface area contributed by atoms with E-state index in [1.807, 2.05) is 30.2 Å². The maximum absolute atomic E-state index is 12.8. The first-order valence-electron chi connectivity index (χ1n) is 8.79. The van der Waals surface area contributed by atoms with Crippen LogP contribution < -0.4 is 4.90 Å². The summed E-state index contributed by atoms with van der Waals surface area (Å²) < 4.78 is 28.8. The lowest BCUT2D eigenvalue weighted by Gasteiger charge is -2.34. The Balaban J connectivity index is 1.49. The molecule has 4 rings (SSSR count). The highest BCUT2D eigenvalue weighted by atomic mass is 35.5. The van der Waals surface area contributed by atoms with Gasteiger partial charge in [-0.2, -0.15) is 9.40 Å². The Morgan fingerprint density at radius 2 is 1.75 bits per heavy atom. The van der Waals surface area contributed by atoms with E-state index in [-0.39, 0.29) is 4.90 Å². The molecule has 0 amide bonds. The van der Waals surface area contributed by atoms with Crippen LogP contribution in [0.3, 0.4) is 0 Å². The van der Waals surface area contributed by atoms with E-state index in [0.29, 0.717) is 37.0 Å². The third kappa shape index (κ3) is 3.73. The molecule has 1 aliphatic heterocycles. The van der Waals surface area contributed by atoms with Crippen LogP contribution in [0, 0.1) is 6.92 Å². The van der Waals surface area contributed by atoms with Crippen molar-refractivity contribution < 1.29 is 8.42 Å². The largest absolute Gasteiger partial charge is 0.354 e. The standard InChI is InChI=1S/C18H19ClN6O2S/c1-14-5-6-25(22-14)18-12-17(20-13-21-18)23-7-9-24(10-8-23)28(26,27)16-4-2-3-15(19)11-16/h2-6,11-13H,7-10H2,1H3. The van der Waals surface area contributed by atoms with Crippen LogP contribution in [0.1, 0.15) is 5.69 Å². The van der Waals surface area contributed by atoms with Gasteiger partial charge < -0.3 is 4.90 Å². The molecule has 1 aromatic carbocycles. The van der Waals surface area contributed by atoms with Gasteiger partial charge >= 0.3 is 0 Å². The number of aromatic nitrogens is 4. The van der Waals surface area contributed by atoms with Crippen LogP contribution in [0.25, 0.3) is 5.82 Å². The van der Waals surface area contributed by atoms with Crippen LogP contribution in [0.4, 0.5) is 5.82 Å². The molecule has 1 fully saturated rings. The number of hydrogen-bond donors (Lipinski definition) is 0. The average molecular weight is 419 g/mol. The summed E-state index contributed by atoms with van der Waals surface area (Å²) in [6.07, 6.45) is 3.34.